The molecular formula is C26H21N3O4. The van der Waals surface area contributed by atoms with E-state index in [-0.39, 0.29) is 11.8 Å². The molecule has 0 atom stereocenters. The lowest BCUT2D eigenvalue weighted by atomic mass is 10.1. The molecule has 0 fully saturated rings. The smallest absolute Gasteiger partial charge is 0.257 e. The largest absolute Gasteiger partial charge is 0.486 e. The highest BCUT2D eigenvalue weighted by molar-refractivity contribution is 6.07. The SMILES string of the molecule is Cc1ccc(NC(=O)c2ccc3c(c2)OCCO3)cc1NC(=O)c1cnc2ccccc2c1. The maximum atomic E-state index is 12.8. The van der Waals surface area contributed by atoms with Gasteiger partial charge in [0.2, 0.25) is 0 Å². The minimum Gasteiger partial charge on any atom is -0.486 e. The van der Waals surface area contributed by atoms with Crippen LogP contribution in [0, 0.1) is 6.92 Å². The van der Waals surface area contributed by atoms with Gasteiger partial charge in [0.1, 0.15) is 13.2 Å². The molecular weight excluding hydrogens is 418 g/mol. The second-order valence-electron chi connectivity index (χ2n) is 7.71. The average Bonchev–Trinajstić information content (AvgIpc) is 2.85. The Kier molecular flexibility index (Phi) is 5.36. The fourth-order valence-corrected chi connectivity index (χ4v) is 3.61. The highest BCUT2D eigenvalue weighted by Gasteiger charge is 2.16. The second-order valence-corrected chi connectivity index (χ2v) is 7.71. The van der Waals surface area contributed by atoms with Crippen LogP contribution in [0.1, 0.15) is 26.3 Å². The first-order valence-electron chi connectivity index (χ1n) is 10.5. The van der Waals surface area contributed by atoms with E-state index < -0.39 is 0 Å². The van der Waals surface area contributed by atoms with E-state index in [1.54, 1.807) is 42.6 Å². The van der Waals surface area contributed by atoms with Crippen molar-refractivity contribution < 1.29 is 19.1 Å². The third-order valence-electron chi connectivity index (χ3n) is 5.40. The summed E-state index contributed by atoms with van der Waals surface area (Å²) in [5, 5.41) is 6.68. The van der Waals surface area contributed by atoms with Crippen LogP contribution < -0.4 is 20.1 Å². The number of amides is 2. The van der Waals surface area contributed by atoms with Crippen molar-refractivity contribution >= 4 is 34.1 Å². The first kappa shape index (κ1) is 20.5. The zero-order chi connectivity index (χ0) is 22.8. The van der Waals surface area contributed by atoms with Gasteiger partial charge in [0, 0.05) is 28.5 Å². The number of ether oxygens (including phenoxy) is 2. The van der Waals surface area contributed by atoms with E-state index in [1.165, 1.54) is 0 Å². The number of aryl methyl sites for hydroxylation is 1. The van der Waals surface area contributed by atoms with Gasteiger partial charge in [-0.2, -0.15) is 0 Å². The molecule has 0 unspecified atom stereocenters. The summed E-state index contributed by atoms with van der Waals surface area (Å²) in [7, 11) is 0. The topological polar surface area (TPSA) is 89.5 Å². The number of aromatic nitrogens is 1. The van der Waals surface area contributed by atoms with Crippen LogP contribution in [0.3, 0.4) is 0 Å². The molecule has 3 aromatic carbocycles. The number of carbonyl (C=O) groups excluding carboxylic acids is 2. The number of benzene rings is 3. The van der Waals surface area contributed by atoms with Gasteiger partial charge in [-0.1, -0.05) is 24.3 Å². The molecule has 2 heterocycles. The van der Waals surface area contributed by atoms with Crippen molar-refractivity contribution in [1.82, 2.24) is 4.98 Å². The number of nitrogens with zero attached hydrogens (tertiary/aromatic N) is 1. The van der Waals surface area contributed by atoms with Gasteiger partial charge in [0.25, 0.3) is 11.8 Å². The molecule has 1 aromatic heterocycles. The van der Waals surface area contributed by atoms with Gasteiger partial charge in [0.15, 0.2) is 11.5 Å². The third kappa shape index (κ3) is 4.34. The maximum Gasteiger partial charge on any atom is 0.257 e. The molecule has 0 aliphatic carbocycles. The summed E-state index contributed by atoms with van der Waals surface area (Å²) in [5.41, 5.74) is 3.77. The van der Waals surface area contributed by atoms with Gasteiger partial charge in [-0.15, -0.1) is 0 Å². The normalized spacial score (nSPS) is 12.3. The van der Waals surface area contributed by atoms with E-state index in [0.29, 0.717) is 47.2 Å². The molecule has 0 radical (unpaired) electrons. The number of nitrogens with one attached hydrogen (secondary N) is 2. The average molecular weight is 439 g/mol. The Morgan fingerprint density at radius 1 is 0.818 bits per heavy atom. The Hall–Kier alpha value is -4.39. The van der Waals surface area contributed by atoms with Crippen molar-refractivity contribution in [3.05, 3.63) is 89.6 Å². The van der Waals surface area contributed by atoms with Crippen LogP contribution in [0.5, 0.6) is 11.5 Å². The Morgan fingerprint density at radius 3 is 2.48 bits per heavy atom. The van der Waals surface area contributed by atoms with E-state index >= 15 is 0 Å². The summed E-state index contributed by atoms with van der Waals surface area (Å²) in [6.07, 6.45) is 1.56. The quantitative estimate of drug-likeness (QED) is 0.476. The molecule has 5 rings (SSSR count). The van der Waals surface area contributed by atoms with Crippen LogP contribution >= 0.6 is 0 Å². The van der Waals surface area contributed by atoms with Crippen LogP contribution in [-0.4, -0.2) is 30.0 Å². The van der Waals surface area contributed by atoms with E-state index in [2.05, 4.69) is 15.6 Å². The van der Waals surface area contributed by atoms with E-state index in [0.717, 1.165) is 16.5 Å². The first-order chi connectivity index (χ1) is 16.1. The molecule has 0 saturated heterocycles. The molecule has 1 aliphatic rings. The molecule has 0 saturated carbocycles. The summed E-state index contributed by atoms with van der Waals surface area (Å²) >= 11 is 0. The minimum atomic E-state index is -0.285. The summed E-state index contributed by atoms with van der Waals surface area (Å²) < 4.78 is 11.1. The second kappa shape index (κ2) is 8.63. The monoisotopic (exact) mass is 439 g/mol. The van der Waals surface area contributed by atoms with Gasteiger partial charge in [0.05, 0.1) is 11.1 Å². The van der Waals surface area contributed by atoms with Gasteiger partial charge >= 0.3 is 0 Å². The minimum absolute atomic E-state index is 0.272. The Bertz CT molecular complexity index is 1380. The van der Waals surface area contributed by atoms with Gasteiger partial charge in [-0.25, -0.2) is 0 Å². The number of rotatable bonds is 4. The molecule has 4 aromatic rings. The lowest BCUT2D eigenvalue weighted by Gasteiger charge is -2.18. The van der Waals surface area contributed by atoms with Crippen molar-refractivity contribution in [1.29, 1.82) is 0 Å². The van der Waals surface area contributed by atoms with Crippen molar-refractivity contribution in [2.75, 3.05) is 23.8 Å². The van der Waals surface area contributed by atoms with Crippen molar-refractivity contribution in [3.8, 4) is 11.5 Å². The van der Waals surface area contributed by atoms with E-state index in [4.69, 9.17) is 9.47 Å². The molecule has 7 nitrogen and oxygen atoms in total. The number of carbonyl (C=O) groups is 2. The zero-order valence-corrected chi connectivity index (χ0v) is 17.9. The van der Waals surface area contributed by atoms with Crippen molar-refractivity contribution in [2.24, 2.45) is 0 Å². The highest BCUT2D eigenvalue weighted by Crippen LogP contribution is 2.31. The Balaban J connectivity index is 1.33. The lowest BCUT2D eigenvalue weighted by molar-refractivity contribution is 0.101. The van der Waals surface area contributed by atoms with Gasteiger partial charge in [-0.3, -0.25) is 14.6 Å². The lowest BCUT2D eigenvalue weighted by Crippen LogP contribution is -2.17. The zero-order valence-electron chi connectivity index (χ0n) is 17.9. The van der Waals surface area contributed by atoms with Crippen LogP contribution in [0.4, 0.5) is 11.4 Å². The Labute approximate surface area is 190 Å². The molecule has 0 spiro atoms. The predicted molar refractivity (Wildman–Crippen MR) is 126 cm³/mol. The van der Waals surface area contributed by atoms with Crippen LogP contribution in [0.25, 0.3) is 10.9 Å². The molecule has 7 heteroatoms. The first-order valence-corrected chi connectivity index (χ1v) is 10.5. The number of para-hydroxylation sites is 1. The standard InChI is InChI=1S/C26H21N3O4/c1-16-6-8-20(28-25(30)18-7-9-23-24(13-18)33-11-10-32-23)14-22(16)29-26(31)19-12-17-4-2-3-5-21(17)27-15-19/h2-9,12-15H,10-11H2,1H3,(H,28,30)(H,29,31). The van der Waals surface area contributed by atoms with Crippen LogP contribution in [0.15, 0.2) is 72.9 Å². The third-order valence-corrected chi connectivity index (χ3v) is 5.40. The molecule has 0 bridgehead atoms. The highest BCUT2D eigenvalue weighted by atomic mass is 16.6. The number of hydrogen-bond acceptors (Lipinski definition) is 5. The van der Waals surface area contributed by atoms with Crippen LogP contribution in [-0.2, 0) is 0 Å². The van der Waals surface area contributed by atoms with Crippen molar-refractivity contribution in [3.63, 3.8) is 0 Å². The van der Waals surface area contributed by atoms with E-state index in [1.807, 2.05) is 37.3 Å². The van der Waals surface area contributed by atoms with Gasteiger partial charge in [-0.05, 0) is 55.0 Å². The summed E-state index contributed by atoms with van der Waals surface area (Å²) in [4.78, 5) is 29.9. The van der Waals surface area contributed by atoms with Gasteiger partial charge < -0.3 is 20.1 Å². The summed E-state index contributed by atoms with van der Waals surface area (Å²) in [6.45, 7) is 2.83. The summed E-state index contributed by atoms with van der Waals surface area (Å²) in [5.74, 6) is 0.620. The molecule has 1 aliphatic heterocycles. The molecule has 164 valence electrons. The molecule has 2 N–H and O–H groups in total. The van der Waals surface area contributed by atoms with Crippen LogP contribution in [0.2, 0.25) is 0 Å². The molecule has 2 amide bonds. The van der Waals surface area contributed by atoms with E-state index in [9.17, 15) is 9.59 Å². The predicted octanol–water partition coefficient (Wildman–Crippen LogP) is 4.82. The fraction of sp³-hybridized carbons (Fsp3) is 0.115. The maximum absolute atomic E-state index is 12.8. The number of anilines is 2. The summed E-state index contributed by atoms with van der Waals surface area (Å²) in [6, 6.07) is 19.9. The number of fused-ring (bicyclic) bond motifs is 2. The number of hydrogen-bond donors (Lipinski definition) is 2. The van der Waals surface area contributed by atoms with Crippen molar-refractivity contribution in [2.45, 2.75) is 6.92 Å². The fourth-order valence-electron chi connectivity index (χ4n) is 3.61. The number of pyridine rings is 1. The Morgan fingerprint density at radius 2 is 1.61 bits per heavy atom. The molecule has 33 heavy (non-hydrogen) atoms.